The van der Waals surface area contributed by atoms with Gasteiger partial charge in [0.05, 0.1) is 183 Å². The third kappa shape index (κ3) is 45.5. The van der Waals surface area contributed by atoms with Crippen LogP contribution in [0.25, 0.3) is 0 Å². The van der Waals surface area contributed by atoms with Crippen LogP contribution in [0.5, 0.6) is 0 Å². The summed E-state index contributed by atoms with van der Waals surface area (Å²) in [4.78, 5) is 42.3. The van der Waals surface area contributed by atoms with Crippen molar-refractivity contribution >= 4 is 40.8 Å². The molecule has 0 heterocycles. The van der Waals surface area contributed by atoms with Gasteiger partial charge in [0.15, 0.2) is 0 Å². The molecule has 96 heavy (non-hydrogen) atoms. The van der Waals surface area contributed by atoms with E-state index in [0.29, 0.717) is 19.8 Å². The number of nitrogens with zero attached hydrogens (tertiary/aromatic N) is 3. The number of amides is 3. The average molecular weight is 1530 g/mol. The van der Waals surface area contributed by atoms with Crippen LogP contribution in [0.2, 0.25) is 0 Å². The van der Waals surface area contributed by atoms with Gasteiger partial charge in [-0.25, -0.2) is 4.79 Å². The van der Waals surface area contributed by atoms with Crippen LogP contribution in [-0.4, -0.2) is 470 Å². The highest BCUT2D eigenvalue weighted by Crippen LogP contribution is 2.13. The average Bonchev–Trinajstić information content (AvgIpc) is 1.06. The van der Waals surface area contributed by atoms with Crippen LogP contribution in [0, 0.1) is 0 Å². The Bertz CT molecular complexity index is 1690. The lowest BCUT2D eigenvalue weighted by Gasteiger charge is -2.33. The molecule has 0 aromatic heterocycles. The summed E-state index contributed by atoms with van der Waals surface area (Å²) in [5.74, 6) is -1.23. The number of rotatable bonds is 67. The van der Waals surface area contributed by atoms with Crippen LogP contribution in [0.15, 0.2) is 0 Å². The monoisotopic (exact) mass is 1530 g/mol. The minimum absolute atomic E-state index is 0.0231. The molecule has 0 aliphatic heterocycles. The number of hydrogen-bond acceptors (Lipinski definition) is 37. The van der Waals surface area contributed by atoms with E-state index in [1.165, 1.54) is 9.80 Å². The predicted octanol–water partition coefficient (Wildman–Crippen LogP) is -13.9. The molecule has 0 aromatic carbocycles. The van der Waals surface area contributed by atoms with Gasteiger partial charge in [-0.05, 0) is 0 Å². The zero-order valence-electron chi connectivity index (χ0n) is 54.1. The van der Waals surface area contributed by atoms with Gasteiger partial charge in [-0.3, -0.25) is 27.8 Å². The highest BCUT2D eigenvalue weighted by atomic mass is 127. The van der Waals surface area contributed by atoms with Crippen molar-refractivity contribution in [2.24, 2.45) is 0 Å². The van der Waals surface area contributed by atoms with Crippen molar-refractivity contribution in [2.45, 2.75) is 97.7 Å². The number of halogens is 1. The molecule has 41 heteroatoms. The fourth-order valence-electron chi connectivity index (χ4n) is 8.05. The number of hydrogen-bond donors (Lipinski definition) is 23. The molecule has 3 amide bonds. The molecule has 23 N–H and O–H groups in total. The molecule has 0 fully saturated rings. The van der Waals surface area contributed by atoms with E-state index >= 15 is 0 Å². The second-order valence-electron chi connectivity index (χ2n) is 21.4. The van der Waals surface area contributed by atoms with E-state index < -0.39 is 181 Å². The third-order valence-electron chi connectivity index (χ3n) is 13.6. The molecular weight excluding hydrogens is 1420 g/mol. The number of aliphatic hydroxyl groups excluding tert-OH is 20. The normalized spacial score (nSPS) is 17.2. The first-order valence-corrected chi connectivity index (χ1v) is 32.3. The molecular formula is C55H111IN6O34. The Morgan fingerprint density at radius 2 is 0.521 bits per heavy atom. The topological polar surface area (TPSA) is 603 Å². The predicted molar refractivity (Wildman–Crippen MR) is 336 cm³/mol. The summed E-state index contributed by atoms with van der Waals surface area (Å²) in [6, 6.07) is 0. The van der Waals surface area contributed by atoms with Crippen LogP contribution in [0.4, 0.5) is 4.79 Å². The zero-order valence-corrected chi connectivity index (χ0v) is 56.2. The molecule has 572 valence electrons. The highest BCUT2D eigenvalue weighted by molar-refractivity contribution is 14.1. The standard InChI is InChI=1S/C55H111IN6O34/c56-59-3-8-88-13-18-95-25-26-96-55(85)62(31-45(75)57-1-6-86-11-16-91-21-23-93-19-14-89-9-4-60(27-37(67)47(77)51(81)41(71)33-63)28-38(68)48(78)52(82)42(72)34-64)32-46(76)58-2-7-87-12-17-92-22-24-94-20-15-90-10-5-61(29-39(69)49(79)53(83)43(73)35-65)30-40(70)50(80)54(84)44(74)36-66/h37-44,47-54,59,63-74,77-84H,1-36H2,(H,57,75)(H,58,76)/t37-,38-,39-,40-,41+,42+,43+,44+,47+,48+,49+,50+,51+,52+,53+,54+/m0/s1. The largest absolute Gasteiger partial charge is 0.447 e. The van der Waals surface area contributed by atoms with Crippen LogP contribution in [-0.2, 0) is 61.7 Å². The number of aliphatic hydroxyl groups is 20. The maximum atomic E-state index is 13.0. The smallest absolute Gasteiger partial charge is 0.410 e. The van der Waals surface area contributed by atoms with Gasteiger partial charge in [-0.15, -0.1) is 0 Å². The molecule has 0 rings (SSSR count). The molecule has 40 nitrogen and oxygen atoms in total. The molecule has 0 bridgehead atoms. The van der Waals surface area contributed by atoms with Crippen molar-refractivity contribution in [3.05, 3.63) is 0 Å². The third-order valence-corrected chi connectivity index (χ3v) is 14.2. The quantitative estimate of drug-likeness (QED) is 0.0153. The molecule has 0 unspecified atom stereocenters. The summed E-state index contributed by atoms with van der Waals surface area (Å²) in [5.41, 5.74) is 0. The first kappa shape index (κ1) is 93.6. The van der Waals surface area contributed by atoms with Crippen molar-refractivity contribution in [2.75, 3.05) is 237 Å². The van der Waals surface area contributed by atoms with E-state index in [-0.39, 0.29) is 152 Å². The Balaban J connectivity index is 4.76. The van der Waals surface area contributed by atoms with E-state index in [1.807, 2.05) is 22.9 Å². The molecule has 0 spiro atoms. The van der Waals surface area contributed by atoms with Gasteiger partial charge in [0.25, 0.3) is 0 Å². The molecule has 0 radical (unpaired) electrons. The van der Waals surface area contributed by atoms with Gasteiger partial charge < -0.3 is 165 Å². The minimum atomic E-state index is -1.93. The summed E-state index contributed by atoms with van der Waals surface area (Å²) in [5, 5.41) is 203. The van der Waals surface area contributed by atoms with Crippen molar-refractivity contribution in [3.8, 4) is 0 Å². The Morgan fingerprint density at radius 1 is 0.302 bits per heavy atom. The number of carbonyl (C=O) groups excluding carboxylic acids is 3. The minimum Gasteiger partial charge on any atom is -0.447 e. The molecule has 0 aromatic rings. The van der Waals surface area contributed by atoms with E-state index in [1.54, 1.807) is 0 Å². The van der Waals surface area contributed by atoms with Crippen molar-refractivity contribution < 1.29 is 169 Å². The molecule has 0 saturated carbocycles. The highest BCUT2D eigenvalue weighted by Gasteiger charge is 2.36. The van der Waals surface area contributed by atoms with Crippen LogP contribution in [0.1, 0.15) is 0 Å². The molecule has 16 atom stereocenters. The van der Waals surface area contributed by atoms with Gasteiger partial charge >= 0.3 is 6.09 Å². The zero-order chi connectivity index (χ0) is 72.1. The van der Waals surface area contributed by atoms with E-state index in [9.17, 15) is 96.1 Å². The lowest BCUT2D eigenvalue weighted by molar-refractivity contribution is -0.131. The van der Waals surface area contributed by atoms with Crippen molar-refractivity contribution in [3.63, 3.8) is 0 Å². The summed E-state index contributed by atoms with van der Waals surface area (Å²) in [6.07, 6.45) is -30.4. The second-order valence-corrected chi connectivity index (χ2v) is 22.2. The first-order valence-electron chi connectivity index (χ1n) is 31.3. The summed E-state index contributed by atoms with van der Waals surface area (Å²) >= 11 is 1.99. The van der Waals surface area contributed by atoms with Gasteiger partial charge in [0.1, 0.15) is 92.9 Å². The Hall–Kier alpha value is -2.38. The van der Waals surface area contributed by atoms with Gasteiger partial charge in [0, 0.05) is 81.8 Å². The van der Waals surface area contributed by atoms with E-state index in [2.05, 4.69) is 14.2 Å². The summed E-state index contributed by atoms with van der Waals surface area (Å²) in [7, 11) is 0. The van der Waals surface area contributed by atoms with Gasteiger partial charge in [-0.1, -0.05) is 0 Å². The first-order chi connectivity index (χ1) is 45.9. The van der Waals surface area contributed by atoms with E-state index in [4.69, 9.17) is 72.5 Å². The lowest BCUT2D eigenvalue weighted by Crippen LogP contribution is -2.53. The van der Waals surface area contributed by atoms with Crippen molar-refractivity contribution in [1.29, 1.82) is 0 Å². The second kappa shape index (κ2) is 60.2. The van der Waals surface area contributed by atoms with Gasteiger partial charge in [-0.2, -0.15) is 0 Å². The fourth-order valence-corrected chi connectivity index (χ4v) is 8.27. The summed E-state index contributed by atoms with van der Waals surface area (Å²) < 4.78 is 62.9. The maximum Gasteiger partial charge on any atom is 0.410 e. The molecule has 0 aliphatic rings. The van der Waals surface area contributed by atoms with Gasteiger partial charge in [0.2, 0.25) is 11.8 Å². The van der Waals surface area contributed by atoms with Crippen LogP contribution < -0.4 is 14.2 Å². The fraction of sp³-hybridized carbons (Fsp3) is 0.945. The lowest BCUT2D eigenvalue weighted by atomic mass is 10.0. The maximum absolute atomic E-state index is 13.0. The summed E-state index contributed by atoms with van der Waals surface area (Å²) in [6.45, 7) is -3.22. The van der Waals surface area contributed by atoms with Crippen LogP contribution >= 0.6 is 22.9 Å². The number of nitrogens with one attached hydrogen (secondary N) is 3. The number of carbonyl (C=O) groups is 3. The van der Waals surface area contributed by atoms with Crippen LogP contribution in [0.3, 0.4) is 0 Å². The van der Waals surface area contributed by atoms with Crippen molar-refractivity contribution in [1.82, 2.24) is 28.9 Å². The Morgan fingerprint density at radius 3 is 0.771 bits per heavy atom. The molecule has 0 aliphatic carbocycles. The Kier molecular flexibility index (Phi) is 58.7. The SMILES string of the molecule is O=C(CN(CC(=O)NCCOCCOCCOCCOCCN(C[C@H](O)[C@@H](O)[C@H](O)[C@H](O)CO)C[C@H](O)[C@@H](O)[C@H](O)[C@H](O)CO)C(=O)OCCOCCOCCNI)NCCOCCOCCOCCOCCN(C[C@H](O)[C@@H](O)[C@H](O)[C@H](O)CO)C[C@H](O)[C@@H](O)[C@H](O)[C@H](O)CO. The van der Waals surface area contributed by atoms with E-state index in [0.717, 1.165) is 4.90 Å². The Labute approximate surface area is 571 Å². The number of ether oxygens (including phenoxy) is 11. The molecule has 0 saturated heterocycles.